The van der Waals surface area contributed by atoms with E-state index in [4.69, 9.17) is 4.74 Å². The Hall–Kier alpha value is -2.14. The third kappa shape index (κ3) is 4.28. The Morgan fingerprint density at radius 2 is 2.08 bits per heavy atom. The molecular weight excluding hydrogens is 334 g/mol. The van der Waals surface area contributed by atoms with Crippen LogP contribution in [0, 0.1) is 5.92 Å². The minimum Gasteiger partial charge on any atom is -0.448 e. The Balaban J connectivity index is 1.60. The number of hydrogen-bond acceptors (Lipinski definition) is 4. The Morgan fingerprint density at radius 3 is 2.80 bits per heavy atom. The summed E-state index contributed by atoms with van der Waals surface area (Å²) in [6.45, 7) is 3.81. The third-order valence-corrected chi connectivity index (χ3v) is 5.87. The van der Waals surface area contributed by atoms with Crippen LogP contribution in [0.25, 0.3) is 0 Å². The fourth-order valence-electron chi connectivity index (χ4n) is 3.09. The number of amides is 1. The summed E-state index contributed by atoms with van der Waals surface area (Å²) in [7, 11) is 0. The highest BCUT2D eigenvalue weighted by Crippen LogP contribution is 2.33. The lowest BCUT2D eigenvalue weighted by Crippen LogP contribution is -2.29. The van der Waals surface area contributed by atoms with E-state index in [0.717, 1.165) is 12.8 Å². The second kappa shape index (κ2) is 7.83. The van der Waals surface area contributed by atoms with E-state index in [0.29, 0.717) is 16.5 Å². The van der Waals surface area contributed by atoms with E-state index in [1.54, 1.807) is 19.1 Å². The third-order valence-electron chi connectivity index (χ3n) is 4.66. The number of benzene rings is 1. The van der Waals surface area contributed by atoms with Crippen LogP contribution in [0.1, 0.15) is 46.8 Å². The average molecular weight is 357 g/mol. The van der Waals surface area contributed by atoms with Crippen molar-refractivity contribution in [3.05, 3.63) is 51.7 Å². The second-order valence-corrected chi connectivity index (χ2v) is 7.62. The van der Waals surface area contributed by atoms with Crippen LogP contribution in [0.5, 0.6) is 0 Å². The van der Waals surface area contributed by atoms with Gasteiger partial charge in [-0.1, -0.05) is 31.5 Å². The summed E-state index contributed by atoms with van der Waals surface area (Å²) in [5.41, 5.74) is 1.96. The van der Waals surface area contributed by atoms with Crippen LogP contribution in [0.2, 0.25) is 0 Å². The molecule has 132 valence electrons. The minimum atomic E-state index is -0.838. The van der Waals surface area contributed by atoms with Crippen LogP contribution < -0.4 is 5.32 Å². The molecule has 0 spiro atoms. The number of thiophene rings is 1. The van der Waals surface area contributed by atoms with Crippen molar-refractivity contribution in [3.63, 3.8) is 0 Å². The van der Waals surface area contributed by atoms with E-state index in [9.17, 15) is 9.59 Å². The van der Waals surface area contributed by atoms with E-state index in [2.05, 4.69) is 12.2 Å². The Morgan fingerprint density at radius 1 is 1.32 bits per heavy atom. The number of rotatable bonds is 5. The van der Waals surface area contributed by atoms with Gasteiger partial charge in [0.25, 0.3) is 5.91 Å². The predicted molar refractivity (Wildman–Crippen MR) is 100 cm³/mol. The first-order valence-electron chi connectivity index (χ1n) is 8.75. The normalized spacial score (nSPS) is 17.4. The maximum Gasteiger partial charge on any atom is 0.349 e. The molecule has 2 atom stereocenters. The van der Waals surface area contributed by atoms with Crippen LogP contribution in [0.4, 0.5) is 5.69 Å². The van der Waals surface area contributed by atoms with E-state index in [1.807, 2.05) is 24.3 Å². The van der Waals surface area contributed by atoms with Crippen molar-refractivity contribution in [3.8, 4) is 0 Å². The second-order valence-electron chi connectivity index (χ2n) is 6.48. The molecule has 1 aromatic carbocycles. The molecular formula is C20H23NO3S. The van der Waals surface area contributed by atoms with Crippen molar-refractivity contribution >= 4 is 28.9 Å². The first-order valence-corrected chi connectivity index (χ1v) is 9.57. The predicted octanol–water partition coefficient (Wildman–Crippen LogP) is 4.45. The van der Waals surface area contributed by atoms with Gasteiger partial charge in [0.1, 0.15) is 4.88 Å². The van der Waals surface area contributed by atoms with Gasteiger partial charge in [0.15, 0.2) is 6.10 Å². The van der Waals surface area contributed by atoms with Crippen molar-refractivity contribution in [2.45, 2.75) is 45.6 Å². The first-order chi connectivity index (χ1) is 12.1. The summed E-state index contributed by atoms with van der Waals surface area (Å²) >= 11 is 1.51. The Bertz CT molecular complexity index is 754. The smallest absolute Gasteiger partial charge is 0.349 e. The number of para-hydroxylation sites is 1. The summed E-state index contributed by atoms with van der Waals surface area (Å²) in [6, 6.07) is 11.1. The molecule has 1 aliphatic rings. The molecule has 5 heteroatoms. The molecule has 0 saturated heterocycles. The van der Waals surface area contributed by atoms with Crippen LogP contribution in [-0.2, 0) is 22.4 Å². The van der Waals surface area contributed by atoms with Gasteiger partial charge in [-0.15, -0.1) is 11.3 Å². The SMILES string of the molecule is CC[C@H]1CCc2sc(C(=O)O[C@@H](C)C(=O)Nc3ccccc3)cc2C1. The number of anilines is 1. The maximum atomic E-state index is 12.4. The lowest BCUT2D eigenvalue weighted by Gasteiger charge is -2.19. The van der Waals surface area contributed by atoms with E-state index in [-0.39, 0.29) is 5.91 Å². The molecule has 0 fully saturated rings. The lowest BCUT2D eigenvalue weighted by molar-refractivity contribution is -0.123. The summed E-state index contributed by atoms with van der Waals surface area (Å²) in [5, 5.41) is 2.75. The van der Waals surface area contributed by atoms with Gasteiger partial charge in [-0.2, -0.15) is 0 Å². The lowest BCUT2D eigenvalue weighted by atomic mass is 9.87. The number of nitrogens with one attached hydrogen (secondary N) is 1. The zero-order chi connectivity index (χ0) is 17.8. The van der Waals surface area contributed by atoms with Gasteiger partial charge in [0.05, 0.1) is 0 Å². The monoisotopic (exact) mass is 357 g/mol. The Labute approximate surface area is 152 Å². The van der Waals surface area contributed by atoms with Crippen molar-refractivity contribution in [1.82, 2.24) is 0 Å². The molecule has 0 saturated carbocycles. The minimum absolute atomic E-state index is 0.327. The van der Waals surface area contributed by atoms with Gasteiger partial charge in [-0.05, 0) is 55.9 Å². The zero-order valence-electron chi connectivity index (χ0n) is 14.6. The highest BCUT2D eigenvalue weighted by molar-refractivity contribution is 7.14. The highest BCUT2D eigenvalue weighted by Gasteiger charge is 2.25. The molecule has 3 rings (SSSR count). The summed E-state index contributed by atoms with van der Waals surface area (Å²) < 4.78 is 5.36. The molecule has 0 unspecified atom stereocenters. The van der Waals surface area contributed by atoms with Gasteiger partial charge in [-0.25, -0.2) is 4.79 Å². The Kier molecular flexibility index (Phi) is 5.53. The van der Waals surface area contributed by atoms with Crippen molar-refractivity contribution in [1.29, 1.82) is 0 Å². The van der Waals surface area contributed by atoms with E-state index >= 15 is 0 Å². The van der Waals surface area contributed by atoms with Crippen molar-refractivity contribution < 1.29 is 14.3 Å². The molecule has 0 aliphatic heterocycles. The van der Waals surface area contributed by atoms with Gasteiger partial charge in [-0.3, -0.25) is 4.79 Å². The van der Waals surface area contributed by atoms with Crippen LogP contribution in [0.3, 0.4) is 0 Å². The standard InChI is InChI=1S/C20H23NO3S/c1-3-14-9-10-17-15(11-14)12-18(25-17)20(23)24-13(2)19(22)21-16-7-5-4-6-8-16/h4-8,12-14H,3,9-11H2,1-2H3,(H,21,22)/t13-,14-/m0/s1. The van der Waals surface area contributed by atoms with Gasteiger partial charge >= 0.3 is 5.97 Å². The molecule has 1 heterocycles. The molecule has 1 amide bonds. The molecule has 2 aromatic rings. The number of hydrogen-bond donors (Lipinski definition) is 1. The van der Waals surface area contributed by atoms with Crippen LogP contribution >= 0.6 is 11.3 Å². The zero-order valence-corrected chi connectivity index (χ0v) is 15.4. The fourth-order valence-corrected chi connectivity index (χ4v) is 4.18. The van der Waals surface area contributed by atoms with E-state index < -0.39 is 12.1 Å². The maximum absolute atomic E-state index is 12.4. The van der Waals surface area contributed by atoms with Gasteiger partial charge in [0, 0.05) is 10.6 Å². The highest BCUT2D eigenvalue weighted by atomic mass is 32.1. The quantitative estimate of drug-likeness (QED) is 0.805. The van der Waals surface area contributed by atoms with E-state index in [1.165, 1.54) is 34.6 Å². The summed E-state index contributed by atoms with van der Waals surface area (Å²) in [6.07, 6.45) is 3.60. The summed E-state index contributed by atoms with van der Waals surface area (Å²) in [5.74, 6) is -0.0309. The first kappa shape index (κ1) is 17.7. The largest absolute Gasteiger partial charge is 0.448 e. The van der Waals surface area contributed by atoms with Gasteiger partial charge < -0.3 is 10.1 Å². The molecule has 0 radical (unpaired) electrons. The van der Waals surface area contributed by atoms with Gasteiger partial charge in [0.2, 0.25) is 0 Å². The topological polar surface area (TPSA) is 55.4 Å². The molecule has 1 N–H and O–H groups in total. The van der Waals surface area contributed by atoms with Crippen LogP contribution in [0.15, 0.2) is 36.4 Å². The fraction of sp³-hybridized carbons (Fsp3) is 0.400. The van der Waals surface area contributed by atoms with Crippen molar-refractivity contribution in [2.24, 2.45) is 5.92 Å². The van der Waals surface area contributed by atoms with Crippen LogP contribution in [-0.4, -0.2) is 18.0 Å². The average Bonchev–Trinajstić information content (AvgIpc) is 3.05. The number of ether oxygens (including phenoxy) is 1. The number of aryl methyl sites for hydroxylation is 1. The number of fused-ring (bicyclic) bond motifs is 1. The number of carbonyl (C=O) groups excluding carboxylic acids is 2. The molecule has 0 bridgehead atoms. The molecule has 1 aliphatic carbocycles. The molecule has 1 aromatic heterocycles. The van der Waals surface area contributed by atoms with Crippen molar-refractivity contribution in [2.75, 3.05) is 5.32 Å². The molecule has 4 nitrogen and oxygen atoms in total. The summed E-state index contributed by atoms with van der Waals surface area (Å²) in [4.78, 5) is 26.4. The molecule has 25 heavy (non-hydrogen) atoms. The number of carbonyl (C=O) groups is 2. The number of esters is 1.